The van der Waals surface area contributed by atoms with Gasteiger partial charge in [-0.3, -0.25) is 0 Å². The summed E-state index contributed by atoms with van der Waals surface area (Å²) in [6.07, 6.45) is 2.39. The van der Waals surface area contributed by atoms with Gasteiger partial charge in [-0.25, -0.2) is 0 Å². The van der Waals surface area contributed by atoms with Crippen molar-refractivity contribution in [3.05, 3.63) is 205 Å². The summed E-state index contributed by atoms with van der Waals surface area (Å²) < 4.78 is 2.53. The Morgan fingerprint density at radius 1 is 0.417 bits per heavy atom. The van der Waals surface area contributed by atoms with Crippen molar-refractivity contribution in [2.24, 2.45) is 0 Å². The molecule has 0 bridgehead atoms. The van der Waals surface area contributed by atoms with Gasteiger partial charge in [0.25, 0.3) is 0 Å². The SMILES string of the molecule is CC1(C)CCC(C)(C)c2cc(-c3ccccc3-n3c4cccc(N(c5ccccc5)c5ccc(-c6cccc7ccccc67)cc5)c4c4c5ccccc5ccc43)ccc21. The number of anilines is 3. The van der Waals surface area contributed by atoms with Crippen LogP contribution in [0.4, 0.5) is 17.1 Å². The molecule has 1 aliphatic carbocycles. The molecule has 0 atom stereocenters. The highest BCUT2D eigenvalue weighted by atomic mass is 15.1. The zero-order chi connectivity index (χ0) is 40.6. The summed E-state index contributed by atoms with van der Waals surface area (Å²) in [6.45, 7) is 9.66. The van der Waals surface area contributed by atoms with Crippen molar-refractivity contribution in [1.29, 1.82) is 0 Å². The van der Waals surface area contributed by atoms with Gasteiger partial charge in [0, 0.05) is 27.7 Å². The highest BCUT2D eigenvalue weighted by Crippen LogP contribution is 2.49. The minimum atomic E-state index is 0.116. The van der Waals surface area contributed by atoms with Crippen LogP contribution in [-0.2, 0) is 10.8 Å². The molecule has 0 fully saturated rings. The summed E-state index contributed by atoms with van der Waals surface area (Å²) in [4.78, 5) is 2.44. The Morgan fingerprint density at radius 2 is 1.00 bits per heavy atom. The minimum Gasteiger partial charge on any atom is -0.310 e. The molecular formula is C58H48N2. The molecule has 11 rings (SSSR count). The monoisotopic (exact) mass is 772 g/mol. The average molecular weight is 773 g/mol. The van der Waals surface area contributed by atoms with E-state index in [1.165, 1.54) is 95.3 Å². The Morgan fingerprint density at radius 3 is 1.80 bits per heavy atom. The van der Waals surface area contributed by atoms with Crippen molar-refractivity contribution in [2.75, 3.05) is 4.90 Å². The van der Waals surface area contributed by atoms with Crippen LogP contribution in [0.15, 0.2) is 194 Å². The van der Waals surface area contributed by atoms with Crippen molar-refractivity contribution < 1.29 is 0 Å². The molecule has 2 heteroatoms. The topological polar surface area (TPSA) is 8.17 Å². The zero-order valence-corrected chi connectivity index (χ0v) is 34.8. The molecule has 0 aliphatic heterocycles. The predicted octanol–water partition coefficient (Wildman–Crippen LogP) is 16.2. The predicted molar refractivity (Wildman–Crippen MR) is 257 cm³/mol. The lowest BCUT2D eigenvalue weighted by Crippen LogP contribution is -2.33. The highest BCUT2D eigenvalue weighted by Gasteiger charge is 2.37. The lowest BCUT2D eigenvalue weighted by Gasteiger charge is -2.42. The Bertz CT molecular complexity index is 3250. The molecule has 60 heavy (non-hydrogen) atoms. The summed E-state index contributed by atoms with van der Waals surface area (Å²) in [5.41, 5.74) is 15.1. The molecule has 0 saturated carbocycles. The fourth-order valence-electron chi connectivity index (χ4n) is 10.2. The molecule has 9 aromatic carbocycles. The maximum atomic E-state index is 2.53. The van der Waals surface area contributed by atoms with Gasteiger partial charge in [-0.05, 0) is 122 Å². The van der Waals surface area contributed by atoms with Gasteiger partial charge in [0.05, 0.1) is 22.4 Å². The molecule has 0 unspecified atom stereocenters. The summed E-state index contributed by atoms with van der Waals surface area (Å²) in [6, 6.07) is 71.9. The molecule has 290 valence electrons. The van der Waals surface area contributed by atoms with E-state index in [0.29, 0.717) is 0 Å². The van der Waals surface area contributed by atoms with Gasteiger partial charge in [0.2, 0.25) is 0 Å². The standard InChI is InChI=1S/C58H48N2/c1-57(2)36-37-58(3,4)50-38-42(30-34-49(50)57)47-22-12-13-25-51(47)60-53-27-15-26-52(56(53)55-48-23-11-9-17-40(48)31-35-54(55)60)59(43-19-6-5-7-20-43)44-32-28-41(29-33-44)46-24-14-18-39-16-8-10-21-45(39)46/h5-35,38H,36-37H2,1-4H3. The number of benzene rings is 9. The second kappa shape index (κ2) is 13.9. The van der Waals surface area contributed by atoms with Crippen LogP contribution in [0.2, 0.25) is 0 Å². The zero-order valence-electron chi connectivity index (χ0n) is 34.8. The first-order chi connectivity index (χ1) is 29.3. The molecular weight excluding hydrogens is 725 g/mol. The van der Waals surface area contributed by atoms with Gasteiger partial charge < -0.3 is 9.47 Å². The van der Waals surface area contributed by atoms with E-state index >= 15 is 0 Å². The first-order valence-electron chi connectivity index (χ1n) is 21.4. The largest absolute Gasteiger partial charge is 0.310 e. The van der Waals surface area contributed by atoms with Crippen LogP contribution >= 0.6 is 0 Å². The van der Waals surface area contributed by atoms with Crippen LogP contribution < -0.4 is 4.90 Å². The Labute approximate surface area is 353 Å². The Hall–Kier alpha value is -6.90. The smallest absolute Gasteiger partial charge is 0.0562 e. The maximum absolute atomic E-state index is 2.53. The van der Waals surface area contributed by atoms with E-state index in [-0.39, 0.29) is 10.8 Å². The van der Waals surface area contributed by atoms with Gasteiger partial charge in [-0.1, -0.05) is 173 Å². The number of hydrogen-bond acceptors (Lipinski definition) is 1. The summed E-state index contributed by atoms with van der Waals surface area (Å²) in [5, 5.41) is 7.49. The molecule has 0 amide bonds. The minimum absolute atomic E-state index is 0.116. The molecule has 0 saturated heterocycles. The Balaban J connectivity index is 1.16. The average Bonchev–Trinajstić information content (AvgIpc) is 3.64. The van der Waals surface area contributed by atoms with Crippen LogP contribution in [0.5, 0.6) is 0 Å². The third kappa shape index (κ3) is 5.77. The van der Waals surface area contributed by atoms with Crippen molar-refractivity contribution in [3.63, 3.8) is 0 Å². The lowest BCUT2D eigenvalue weighted by atomic mass is 9.63. The van der Waals surface area contributed by atoms with Gasteiger partial charge in [0.15, 0.2) is 0 Å². The fourth-order valence-corrected chi connectivity index (χ4v) is 10.2. The highest BCUT2D eigenvalue weighted by molar-refractivity contribution is 6.25. The lowest BCUT2D eigenvalue weighted by molar-refractivity contribution is 0.332. The Kier molecular flexibility index (Phi) is 8.36. The molecule has 1 heterocycles. The molecule has 1 aromatic heterocycles. The fraction of sp³-hybridized carbons (Fsp3) is 0.138. The molecule has 0 spiro atoms. The third-order valence-corrected chi connectivity index (χ3v) is 13.4. The molecule has 2 nitrogen and oxygen atoms in total. The molecule has 0 radical (unpaired) electrons. The van der Waals surface area contributed by atoms with Crippen LogP contribution in [0.25, 0.3) is 71.3 Å². The van der Waals surface area contributed by atoms with E-state index in [2.05, 4.69) is 231 Å². The number of para-hydroxylation sites is 2. The van der Waals surface area contributed by atoms with Crippen LogP contribution in [0.1, 0.15) is 51.7 Å². The van der Waals surface area contributed by atoms with E-state index in [1.54, 1.807) is 0 Å². The molecule has 0 N–H and O–H groups in total. The number of nitrogens with zero attached hydrogens (tertiary/aromatic N) is 2. The second-order valence-electron chi connectivity index (χ2n) is 18.0. The first kappa shape index (κ1) is 36.2. The van der Waals surface area contributed by atoms with E-state index < -0.39 is 0 Å². The third-order valence-electron chi connectivity index (χ3n) is 13.4. The van der Waals surface area contributed by atoms with E-state index in [4.69, 9.17) is 0 Å². The van der Waals surface area contributed by atoms with Gasteiger partial charge >= 0.3 is 0 Å². The van der Waals surface area contributed by atoms with E-state index in [0.717, 1.165) is 17.1 Å². The van der Waals surface area contributed by atoms with E-state index in [1.807, 2.05) is 0 Å². The second-order valence-corrected chi connectivity index (χ2v) is 18.0. The van der Waals surface area contributed by atoms with Crippen LogP contribution in [0.3, 0.4) is 0 Å². The van der Waals surface area contributed by atoms with Gasteiger partial charge in [-0.15, -0.1) is 0 Å². The molecule has 10 aromatic rings. The summed E-state index contributed by atoms with van der Waals surface area (Å²) >= 11 is 0. The summed E-state index contributed by atoms with van der Waals surface area (Å²) in [5.74, 6) is 0. The quantitative estimate of drug-likeness (QED) is 0.163. The van der Waals surface area contributed by atoms with Crippen LogP contribution in [0, 0.1) is 0 Å². The van der Waals surface area contributed by atoms with Crippen molar-refractivity contribution >= 4 is 60.4 Å². The maximum Gasteiger partial charge on any atom is 0.0562 e. The normalized spacial score (nSPS) is 14.5. The first-order valence-corrected chi connectivity index (χ1v) is 21.4. The number of hydrogen-bond donors (Lipinski definition) is 0. The molecule has 1 aliphatic rings. The van der Waals surface area contributed by atoms with Crippen molar-refractivity contribution in [2.45, 2.75) is 51.4 Å². The van der Waals surface area contributed by atoms with Gasteiger partial charge in [0.1, 0.15) is 0 Å². The number of rotatable bonds is 6. The van der Waals surface area contributed by atoms with Crippen molar-refractivity contribution in [1.82, 2.24) is 4.57 Å². The van der Waals surface area contributed by atoms with Crippen LogP contribution in [-0.4, -0.2) is 4.57 Å². The number of aromatic nitrogens is 1. The number of fused-ring (bicyclic) bond motifs is 7. The van der Waals surface area contributed by atoms with Gasteiger partial charge in [-0.2, -0.15) is 0 Å². The van der Waals surface area contributed by atoms with Crippen molar-refractivity contribution in [3.8, 4) is 27.9 Å². The summed E-state index contributed by atoms with van der Waals surface area (Å²) in [7, 11) is 0. The van der Waals surface area contributed by atoms with E-state index in [9.17, 15) is 0 Å².